The summed E-state index contributed by atoms with van der Waals surface area (Å²) in [5, 5.41) is 1.29. The molecule has 0 aliphatic rings. The van der Waals surface area contributed by atoms with Gasteiger partial charge in [-0.1, -0.05) is 17.7 Å². The number of H-pyrrole nitrogens is 1. The molecule has 0 saturated heterocycles. The molecule has 2 aromatic carbocycles. The predicted molar refractivity (Wildman–Crippen MR) is 73.1 cm³/mol. The highest BCUT2D eigenvalue weighted by atomic mass is 35.5. The highest BCUT2D eigenvalue weighted by Gasteiger charge is 2.17. The van der Waals surface area contributed by atoms with Gasteiger partial charge in [0, 0.05) is 17.1 Å². The highest BCUT2D eigenvalue weighted by molar-refractivity contribution is 6.37. The summed E-state index contributed by atoms with van der Waals surface area (Å²) in [6, 6.07) is 10.8. The molecule has 3 rings (SSSR count). The number of halogens is 2. The number of rotatable bonds is 2. The Bertz CT molecular complexity index is 761. The maximum absolute atomic E-state index is 12.9. The molecule has 94 valence electrons. The molecule has 1 N–H and O–H groups in total. The predicted octanol–water partition coefficient (Wildman–Crippen LogP) is 4.19. The van der Waals surface area contributed by atoms with Gasteiger partial charge in [0.2, 0.25) is 0 Å². The van der Waals surface area contributed by atoms with Gasteiger partial charge in [0.15, 0.2) is 5.78 Å². The number of carbonyl (C=O) groups excluding carboxylic acids is 1. The van der Waals surface area contributed by atoms with E-state index in [1.165, 1.54) is 24.3 Å². The zero-order chi connectivity index (χ0) is 13.4. The number of carbonyl (C=O) groups is 1. The van der Waals surface area contributed by atoms with Crippen molar-refractivity contribution >= 4 is 28.3 Å². The Morgan fingerprint density at radius 1 is 1.05 bits per heavy atom. The average Bonchev–Trinajstić information content (AvgIpc) is 2.87. The molecule has 3 aromatic rings. The Kier molecular flexibility index (Phi) is 2.84. The molecule has 0 amide bonds. The van der Waals surface area contributed by atoms with Crippen LogP contribution >= 0.6 is 11.6 Å². The zero-order valence-corrected chi connectivity index (χ0v) is 10.5. The molecule has 0 bridgehead atoms. The molecule has 1 aromatic heterocycles. The van der Waals surface area contributed by atoms with Crippen LogP contribution in [-0.4, -0.2) is 10.8 Å². The highest BCUT2D eigenvalue weighted by Crippen LogP contribution is 2.27. The van der Waals surface area contributed by atoms with E-state index in [0.29, 0.717) is 21.7 Å². The molecule has 19 heavy (non-hydrogen) atoms. The van der Waals surface area contributed by atoms with Crippen LogP contribution in [-0.2, 0) is 0 Å². The molecule has 4 heteroatoms. The van der Waals surface area contributed by atoms with Crippen LogP contribution in [0.15, 0.2) is 48.7 Å². The molecular formula is C15H9ClFNO. The number of ketones is 1. The Morgan fingerprint density at radius 2 is 1.79 bits per heavy atom. The van der Waals surface area contributed by atoms with Crippen LogP contribution in [0.2, 0.25) is 5.02 Å². The topological polar surface area (TPSA) is 32.9 Å². The van der Waals surface area contributed by atoms with E-state index in [-0.39, 0.29) is 11.6 Å². The van der Waals surface area contributed by atoms with E-state index < -0.39 is 0 Å². The van der Waals surface area contributed by atoms with Gasteiger partial charge in [0.05, 0.1) is 16.1 Å². The third-order valence-corrected chi connectivity index (χ3v) is 3.33. The maximum atomic E-state index is 12.9. The minimum absolute atomic E-state index is 0.224. The van der Waals surface area contributed by atoms with Crippen molar-refractivity contribution < 1.29 is 9.18 Å². The molecule has 2 nitrogen and oxygen atoms in total. The first-order valence-electron chi connectivity index (χ1n) is 5.72. The van der Waals surface area contributed by atoms with Crippen LogP contribution < -0.4 is 0 Å². The number of fused-ring (bicyclic) bond motifs is 1. The van der Waals surface area contributed by atoms with Crippen LogP contribution in [0.1, 0.15) is 15.9 Å². The van der Waals surface area contributed by atoms with E-state index in [9.17, 15) is 9.18 Å². The third kappa shape index (κ3) is 2.02. The Labute approximate surface area is 113 Å². The first kappa shape index (κ1) is 11.9. The van der Waals surface area contributed by atoms with Gasteiger partial charge in [-0.05, 0) is 36.4 Å². The summed E-state index contributed by atoms with van der Waals surface area (Å²) in [6.45, 7) is 0. The molecule has 0 fully saturated rings. The Morgan fingerprint density at radius 3 is 2.53 bits per heavy atom. The third-order valence-electron chi connectivity index (χ3n) is 3.01. The lowest BCUT2D eigenvalue weighted by Gasteiger charge is -2.05. The molecular weight excluding hydrogens is 265 g/mol. The molecule has 0 atom stereocenters. The molecule has 0 radical (unpaired) electrons. The molecule has 0 unspecified atom stereocenters. The number of aromatic nitrogens is 1. The summed E-state index contributed by atoms with van der Waals surface area (Å²) in [7, 11) is 0. The van der Waals surface area contributed by atoms with Gasteiger partial charge in [-0.2, -0.15) is 0 Å². The number of nitrogens with one attached hydrogen (secondary N) is 1. The standard InChI is InChI=1S/C15H9ClFNO/c16-12-6-3-9-7-8-18-14(9)13(12)15(19)10-1-4-11(17)5-2-10/h1-8,18H. The molecule has 0 spiro atoms. The quantitative estimate of drug-likeness (QED) is 0.698. The molecule has 1 heterocycles. The van der Waals surface area contributed by atoms with Crippen molar-refractivity contribution in [2.24, 2.45) is 0 Å². The largest absolute Gasteiger partial charge is 0.361 e. The van der Waals surface area contributed by atoms with E-state index >= 15 is 0 Å². The summed E-state index contributed by atoms with van der Waals surface area (Å²) >= 11 is 6.12. The Hall–Kier alpha value is -2.13. The van der Waals surface area contributed by atoms with E-state index in [2.05, 4.69) is 4.98 Å². The summed E-state index contributed by atoms with van der Waals surface area (Å²) < 4.78 is 12.9. The lowest BCUT2D eigenvalue weighted by Crippen LogP contribution is -2.03. The second kappa shape index (κ2) is 4.52. The Balaban J connectivity index is 2.18. The number of hydrogen-bond donors (Lipinski definition) is 1. The first-order chi connectivity index (χ1) is 9.16. The van der Waals surface area contributed by atoms with Gasteiger partial charge in [0.1, 0.15) is 5.82 Å². The number of aromatic amines is 1. The fourth-order valence-corrected chi connectivity index (χ4v) is 2.31. The fourth-order valence-electron chi connectivity index (χ4n) is 2.07. The van der Waals surface area contributed by atoms with Gasteiger partial charge < -0.3 is 4.98 Å². The average molecular weight is 274 g/mol. The lowest BCUT2D eigenvalue weighted by molar-refractivity contribution is 0.104. The monoisotopic (exact) mass is 273 g/mol. The SMILES string of the molecule is O=C(c1ccc(F)cc1)c1c(Cl)ccc2cc[nH]c12. The van der Waals surface area contributed by atoms with Crippen LogP contribution in [0, 0.1) is 5.82 Å². The van der Waals surface area contributed by atoms with E-state index in [1.54, 1.807) is 12.3 Å². The minimum Gasteiger partial charge on any atom is -0.361 e. The summed E-state index contributed by atoms with van der Waals surface area (Å²) in [6.07, 6.45) is 1.75. The van der Waals surface area contributed by atoms with Crippen LogP contribution in [0.4, 0.5) is 4.39 Å². The van der Waals surface area contributed by atoms with E-state index in [1.807, 2.05) is 12.1 Å². The summed E-state index contributed by atoms with van der Waals surface area (Å²) in [5.41, 5.74) is 1.52. The molecule has 0 saturated carbocycles. The van der Waals surface area contributed by atoms with Gasteiger partial charge in [-0.3, -0.25) is 4.79 Å². The number of benzene rings is 2. The van der Waals surface area contributed by atoms with Gasteiger partial charge in [0.25, 0.3) is 0 Å². The van der Waals surface area contributed by atoms with E-state index in [0.717, 1.165) is 5.39 Å². The second-order valence-electron chi connectivity index (χ2n) is 4.20. The second-order valence-corrected chi connectivity index (χ2v) is 4.61. The van der Waals surface area contributed by atoms with Crippen molar-refractivity contribution in [3.05, 3.63) is 70.6 Å². The fraction of sp³-hybridized carbons (Fsp3) is 0. The first-order valence-corrected chi connectivity index (χ1v) is 6.10. The van der Waals surface area contributed by atoms with Crippen molar-refractivity contribution in [3.8, 4) is 0 Å². The van der Waals surface area contributed by atoms with Gasteiger partial charge >= 0.3 is 0 Å². The lowest BCUT2D eigenvalue weighted by atomic mass is 10.0. The van der Waals surface area contributed by atoms with Crippen LogP contribution in [0.25, 0.3) is 10.9 Å². The molecule has 0 aliphatic carbocycles. The molecule has 0 aliphatic heterocycles. The number of hydrogen-bond acceptors (Lipinski definition) is 1. The van der Waals surface area contributed by atoms with E-state index in [4.69, 9.17) is 11.6 Å². The summed E-state index contributed by atoms with van der Waals surface area (Å²) in [5.74, 6) is -0.598. The van der Waals surface area contributed by atoms with Gasteiger partial charge in [-0.25, -0.2) is 4.39 Å². The van der Waals surface area contributed by atoms with Crippen molar-refractivity contribution in [2.45, 2.75) is 0 Å². The van der Waals surface area contributed by atoms with Crippen LogP contribution in [0.3, 0.4) is 0 Å². The normalized spacial score (nSPS) is 10.8. The summed E-state index contributed by atoms with van der Waals surface area (Å²) in [4.78, 5) is 15.5. The van der Waals surface area contributed by atoms with Crippen LogP contribution in [0.5, 0.6) is 0 Å². The minimum atomic E-state index is -0.374. The van der Waals surface area contributed by atoms with Gasteiger partial charge in [-0.15, -0.1) is 0 Å². The van der Waals surface area contributed by atoms with Crippen molar-refractivity contribution in [1.82, 2.24) is 4.98 Å². The maximum Gasteiger partial charge on any atom is 0.196 e. The van der Waals surface area contributed by atoms with Crippen molar-refractivity contribution in [1.29, 1.82) is 0 Å². The van der Waals surface area contributed by atoms with Crippen molar-refractivity contribution in [2.75, 3.05) is 0 Å². The zero-order valence-electron chi connectivity index (χ0n) is 9.78. The van der Waals surface area contributed by atoms with Crippen molar-refractivity contribution in [3.63, 3.8) is 0 Å². The smallest absolute Gasteiger partial charge is 0.196 e.